The highest BCUT2D eigenvalue weighted by molar-refractivity contribution is 5.47. The van der Waals surface area contributed by atoms with Crippen LogP contribution in [0.2, 0.25) is 0 Å². The second kappa shape index (κ2) is 4.31. The Balaban J connectivity index is 2.09. The van der Waals surface area contributed by atoms with Crippen LogP contribution in [-0.2, 0) is 9.53 Å². The zero-order valence-electron chi connectivity index (χ0n) is 8.43. The summed E-state index contributed by atoms with van der Waals surface area (Å²) in [6.45, 7) is 1.89. The van der Waals surface area contributed by atoms with E-state index in [0.717, 1.165) is 17.7 Å². The molecule has 0 saturated carbocycles. The minimum Gasteiger partial charge on any atom is -0.399 e. The summed E-state index contributed by atoms with van der Waals surface area (Å²) in [7, 11) is 0. The number of nitrogen functional groups attached to an aromatic ring is 1. The van der Waals surface area contributed by atoms with Crippen LogP contribution in [0.1, 0.15) is 11.7 Å². The molecule has 1 atom stereocenters. The highest BCUT2D eigenvalue weighted by Crippen LogP contribution is 2.22. The fourth-order valence-corrected chi connectivity index (χ4v) is 1.68. The van der Waals surface area contributed by atoms with Crippen molar-refractivity contribution >= 4 is 12.1 Å². The number of morpholine rings is 1. The van der Waals surface area contributed by atoms with Crippen molar-refractivity contribution in [3.05, 3.63) is 29.8 Å². The van der Waals surface area contributed by atoms with Crippen LogP contribution in [0.3, 0.4) is 0 Å². The fourth-order valence-electron chi connectivity index (χ4n) is 1.68. The largest absolute Gasteiger partial charge is 0.399 e. The molecule has 1 aromatic carbocycles. The van der Waals surface area contributed by atoms with Gasteiger partial charge in [-0.2, -0.15) is 0 Å². The Morgan fingerprint density at radius 2 is 2.13 bits per heavy atom. The van der Waals surface area contributed by atoms with E-state index in [4.69, 9.17) is 10.5 Å². The third kappa shape index (κ3) is 2.27. The van der Waals surface area contributed by atoms with Gasteiger partial charge in [0.15, 0.2) is 0 Å². The highest BCUT2D eigenvalue weighted by atomic mass is 16.5. The van der Waals surface area contributed by atoms with Crippen molar-refractivity contribution in [1.29, 1.82) is 0 Å². The summed E-state index contributed by atoms with van der Waals surface area (Å²) in [4.78, 5) is 12.4. The topological polar surface area (TPSA) is 55.6 Å². The summed E-state index contributed by atoms with van der Waals surface area (Å²) in [5.74, 6) is 0. The first-order valence-corrected chi connectivity index (χ1v) is 4.96. The van der Waals surface area contributed by atoms with Crippen molar-refractivity contribution in [2.75, 3.05) is 25.4 Å². The lowest BCUT2D eigenvalue weighted by molar-refractivity contribution is -0.125. The first-order valence-electron chi connectivity index (χ1n) is 4.96. The molecule has 2 N–H and O–H groups in total. The predicted octanol–water partition coefficient (Wildman–Crippen LogP) is 0.798. The lowest BCUT2D eigenvalue weighted by Gasteiger charge is -2.30. The molecule has 1 saturated heterocycles. The molecule has 2 rings (SSSR count). The van der Waals surface area contributed by atoms with Gasteiger partial charge in [0.25, 0.3) is 0 Å². The van der Waals surface area contributed by atoms with Crippen LogP contribution in [0.25, 0.3) is 0 Å². The van der Waals surface area contributed by atoms with Gasteiger partial charge in [0, 0.05) is 12.2 Å². The molecule has 4 heteroatoms. The van der Waals surface area contributed by atoms with Gasteiger partial charge in [0.05, 0.1) is 13.2 Å². The van der Waals surface area contributed by atoms with Crippen molar-refractivity contribution in [3.63, 3.8) is 0 Å². The van der Waals surface area contributed by atoms with Gasteiger partial charge in [0.2, 0.25) is 6.41 Å². The monoisotopic (exact) mass is 206 g/mol. The van der Waals surface area contributed by atoms with Gasteiger partial charge < -0.3 is 15.4 Å². The van der Waals surface area contributed by atoms with Crippen molar-refractivity contribution < 1.29 is 9.53 Å². The number of nitrogens with zero attached hydrogens (tertiary/aromatic N) is 1. The van der Waals surface area contributed by atoms with Crippen molar-refractivity contribution in [2.24, 2.45) is 0 Å². The highest BCUT2D eigenvalue weighted by Gasteiger charge is 2.20. The summed E-state index contributed by atoms with van der Waals surface area (Å²) in [6, 6.07) is 7.57. The smallest absolute Gasteiger partial charge is 0.209 e. The molecule has 1 amide bonds. The maximum absolute atomic E-state index is 10.6. The van der Waals surface area contributed by atoms with E-state index in [0.29, 0.717) is 19.7 Å². The van der Waals surface area contributed by atoms with Crippen molar-refractivity contribution in [1.82, 2.24) is 4.90 Å². The van der Waals surface area contributed by atoms with Gasteiger partial charge >= 0.3 is 0 Å². The summed E-state index contributed by atoms with van der Waals surface area (Å²) >= 11 is 0. The second-order valence-electron chi connectivity index (χ2n) is 3.63. The molecular formula is C11H14N2O2. The van der Waals surface area contributed by atoms with Crippen LogP contribution in [-0.4, -0.2) is 31.0 Å². The quantitative estimate of drug-likeness (QED) is 0.575. The zero-order valence-corrected chi connectivity index (χ0v) is 8.43. The summed E-state index contributed by atoms with van der Waals surface area (Å²) in [5.41, 5.74) is 7.41. The van der Waals surface area contributed by atoms with Gasteiger partial charge in [-0.15, -0.1) is 0 Å². The molecule has 1 aromatic rings. The Bertz CT molecular complexity index is 337. The Kier molecular flexibility index (Phi) is 2.87. The SMILES string of the molecule is Nc1ccc(C2CN(C=O)CCO2)cc1. The minimum absolute atomic E-state index is 0.0236. The number of hydrogen-bond donors (Lipinski definition) is 1. The summed E-state index contributed by atoms with van der Waals surface area (Å²) in [6.07, 6.45) is 0.844. The lowest BCUT2D eigenvalue weighted by Crippen LogP contribution is -2.37. The van der Waals surface area contributed by atoms with E-state index in [9.17, 15) is 4.79 Å². The maximum atomic E-state index is 10.6. The van der Waals surface area contributed by atoms with Gasteiger partial charge in [-0.05, 0) is 17.7 Å². The Morgan fingerprint density at radius 1 is 1.40 bits per heavy atom. The molecule has 80 valence electrons. The number of carbonyl (C=O) groups excluding carboxylic acids is 1. The summed E-state index contributed by atoms with van der Waals surface area (Å²) < 4.78 is 5.59. The van der Waals surface area contributed by atoms with E-state index in [1.807, 2.05) is 24.3 Å². The molecule has 0 spiro atoms. The number of rotatable bonds is 2. The number of nitrogens with two attached hydrogens (primary N) is 1. The molecule has 1 aliphatic heterocycles. The Hall–Kier alpha value is -1.55. The standard InChI is InChI=1S/C11H14N2O2/c12-10-3-1-9(2-4-10)11-7-13(8-14)5-6-15-11/h1-4,8,11H,5-7,12H2. The van der Waals surface area contributed by atoms with E-state index in [1.165, 1.54) is 0 Å². The molecule has 0 radical (unpaired) electrons. The maximum Gasteiger partial charge on any atom is 0.209 e. The van der Waals surface area contributed by atoms with Gasteiger partial charge in [-0.1, -0.05) is 12.1 Å². The number of anilines is 1. The zero-order chi connectivity index (χ0) is 10.7. The first-order chi connectivity index (χ1) is 7.29. The van der Waals surface area contributed by atoms with E-state index in [-0.39, 0.29) is 6.10 Å². The number of amides is 1. The van der Waals surface area contributed by atoms with Gasteiger partial charge in [-0.3, -0.25) is 4.79 Å². The van der Waals surface area contributed by atoms with Crippen molar-refractivity contribution in [3.8, 4) is 0 Å². The molecule has 4 nitrogen and oxygen atoms in total. The van der Waals surface area contributed by atoms with Crippen LogP contribution in [0.15, 0.2) is 24.3 Å². The third-order valence-electron chi connectivity index (χ3n) is 2.56. The van der Waals surface area contributed by atoms with Gasteiger partial charge in [0.1, 0.15) is 6.10 Å². The number of ether oxygens (including phenoxy) is 1. The lowest BCUT2D eigenvalue weighted by atomic mass is 10.1. The minimum atomic E-state index is -0.0236. The predicted molar refractivity (Wildman–Crippen MR) is 57.2 cm³/mol. The molecule has 1 unspecified atom stereocenters. The molecule has 0 bridgehead atoms. The molecular weight excluding hydrogens is 192 g/mol. The molecule has 1 heterocycles. The van der Waals surface area contributed by atoms with Crippen LogP contribution in [0, 0.1) is 0 Å². The molecule has 0 aliphatic carbocycles. The average molecular weight is 206 g/mol. The van der Waals surface area contributed by atoms with E-state index >= 15 is 0 Å². The molecule has 15 heavy (non-hydrogen) atoms. The third-order valence-corrected chi connectivity index (χ3v) is 2.56. The second-order valence-corrected chi connectivity index (χ2v) is 3.63. The summed E-state index contributed by atoms with van der Waals surface area (Å²) in [5, 5.41) is 0. The van der Waals surface area contributed by atoms with E-state index in [2.05, 4.69) is 0 Å². The number of hydrogen-bond acceptors (Lipinski definition) is 3. The van der Waals surface area contributed by atoms with Crippen molar-refractivity contribution in [2.45, 2.75) is 6.10 Å². The molecule has 1 fully saturated rings. The van der Waals surface area contributed by atoms with E-state index < -0.39 is 0 Å². The van der Waals surface area contributed by atoms with Crippen LogP contribution < -0.4 is 5.73 Å². The fraction of sp³-hybridized carbons (Fsp3) is 0.364. The van der Waals surface area contributed by atoms with E-state index in [1.54, 1.807) is 4.90 Å². The Labute approximate surface area is 88.6 Å². The molecule has 1 aliphatic rings. The van der Waals surface area contributed by atoms with Gasteiger partial charge in [-0.25, -0.2) is 0 Å². The first kappa shape index (κ1) is 9.98. The average Bonchev–Trinajstić information content (AvgIpc) is 2.30. The normalized spacial score (nSPS) is 21.3. The number of benzene rings is 1. The number of carbonyl (C=O) groups is 1. The van der Waals surface area contributed by atoms with Crippen LogP contribution >= 0.6 is 0 Å². The van der Waals surface area contributed by atoms with Crippen LogP contribution in [0.5, 0.6) is 0 Å². The Morgan fingerprint density at radius 3 is 2.80 bits per heavy atom. The molecule has 0 aromatic heterocycles. The van der Waals surface area contributed by atoms with Crippen LogP contribution in [0.4, 0.5) is 5.69 Å².